The van der Waals surface area contributed by atoms with Crippen molar-refractivity contribution in [3.8, 4) is 0 Å². The number of carbonyl (C=O) groups is 1. The lowest BCUT2D eigenvalue weighted by Gasteiger charge is -2.23. The molecule has 1 amide bonds. The molecule has 0 aliphatic carbocycles. The van der Waals surface area contributed by atoms with Crippen LogP contribution in [0.3, 0.4) is 0 Å². The van der Waals surface area contributed by atoms with Crippen LogP contribution in [0, 0.1) is 0 Å². The number of carbonyl (C=O) groups excluding carboxylic acids is 1. The van der Waals surface area contributed by atoms with Gasteiger partial charge in [0.2, 0.25) is 15.9 Å². The molecule has 38 heavy (non-hydrogen) atoms. The fourth-order valence-electron chi connectivity index (χ4n) is 3.12. The van der Waals surface area contributed by atoms with Crippen LogP contribution in [0.25, 0.3) is 0 Å². The zero-order valence-electron chi connectivity index (χ0n) is 19.1. The highest BCUT2D eigenvalue weighted by Gasteiger charge is 2.34. The second-order valence-corrected chi connectivity index (χ2v) is 12.5. The first-order valence-electron chi connectivity index (χ1n) is 10.2. The number of nitrogens with one attached hydrogen (secondary N) is 2. The maximum atomic E-state index is 13.2. The number of amides is 1. The standard InChI is InChI=1S/C22H17Cl3F3N3O5S2/c1-37(33,34)31(14-7-10-17(23)16(11-14)22(26,27)28)12-20(32)29-13-5-8-15(9-6-13)38(35,36)30-19-4-2-3-18(24)21(19)25/h2-11,30H,12H2,1H3,(H,29,32). The summed E-state index contributed by atoms with van der Waals surface area (Å²) in [7, 11) is -8.28. The maximum absolute atomic E-state index is 13.2. The van der Waals surface area contributed by atoms with Gasteiger partial charge >= 0.3 is 6.18 Å². The predicted octanol–water partition coefficient (Wildman–Crippen LogP) is 5.87. The number of alkyl halides is 3. The summed E-state index contributed by atoms with van der Waals surface area (Å²) in [5.41, 5.74) is -1.55. The number of anilines is 3. The van der Waals surface area contributed by atoms with Crippen molar-refractivity contribution >= 4 is 77.8 Å². The van der Waals surface area contributed by atoms with Crippen LogP contribution in [0.5, 0.6) is 0 Å². The van der Waals surface area contributed by atoms with Gasteiger partial charge in [-0.3, -0.25) is 13.8 Å². The van der Waals surface area contributed by atoms with Gasteiger partial charge in [0, 0.05) is 5.69 Å². The summed E-state index contributed by atoms with van der Waals surface area (Å²) in [5.74, 6) is -0.904. The van der Waals surface area contributed by atoms with Crippen molar-refractivity contribution in [2.24, 2.45) is 0 Å². The van der Waals surface area contributed by atoms with E-state index < -0.39 is 54.9 Å². The van der Waals surface area contributed by atoms with Crippen molar-refractivity contribution in [2.45, 2.75) is 11.1 Å². The van der Waals surface area contributed by atoms with E-state index in [-0.39, 0.29) is 26.3 Å². The SMILES string of the molecule is CS(=O)(=O)N(CC(=O)Nc1ccc(S(=O)(=O)Nc2cccc(Cl)c2Cl)cc1)c1ccc(Cl)c(C(F)(F)F)c1. The third-order valence-electron chi connectivity index (χ3n) is 4.88. The number of sulfonamides is 2. The minimum Gasteiger partial charge on any atom is -0.325 e. The van der Waals surface area contributed by atoms with E-state index >= 15 is 0 Å². The smallest absolute Gasteiger partial charge is 0.325 e. The average molecular weight is 631 g/mol. The van der Waals surface area contributed by atoms with E-state index in [0.717, 1.165) is 18.4 Å². The van der Waals surface area contributed by atoms with Gasteiger partial charge in [-0.15, -0.1) is 0 Å². The maximum Gasteiger partial charge on any atom is 0.417 e. The molecule has 2 N–H and O–H groups in total. The van der Waals surface area contributed by atoms with Crippen LogP contribution in [0.4, 0.5) is 30.2 Å². The number of hydrogen-bond donors (Lipinski definition) is 2. The van der Waals surface area contributed by atoms with E-state index in [1.54, 1.807) is 0 Å². The Bertz CT molecular complexity index is 1580. The Morgan fingerprint density at radius 1 is 0.921 bits per heavy atom. The lowest BCUT2D eigenvalue weighted by Crippen LogP contribution is -2.37. The molecule has 0 heterocycles. The van der Waals surface area contributed by atoms with Crippen molar-refractivity contribution < 1.29 is 34.8 Å². The molecular weight excluding hydrogens is 614 g/mol. The van der Waals surface area contributed by atoms with Gasteiger partial charge in [0.15, 0.2) is 0 Å². The molecule has 0 unspecified atom stereocenters. The summed E-state index contributed by atoms with van der Waals surface area (Å²) >= 11 is 17.5. The molecule has 8 nitrogen and oxygen atoms in total. The molecule has 204 valence electrons. The van der Waals surface area contributed by atoms with Gasteiger partial charge in [-0.2, -0.15) is 13.2 Å². The molecule has 0 radical (unpaired) electrons. The highest BCUT2D eigenvalue weighted by molar-refractivity contribution is 7.92. The summed E-state index contributed by atoms with van der Waals surface area (Å²) in [6, 6.07) is 11.6. The number of nitrogens with zero attached hydrogens (tertiary/aromatic N) is 1. The van der Waals surface area contributed by atoms with Crippen LogP contribution in [0.1, 0.15) is 5.56 Å². The molecule has 3 aromatic rings. The van der Waals surface area contributed by atoms with E-state index in [9.17, 15) is 34.8 Å². The molecule has 0 saturated heterocycles. The Labute approximate surface area is 231 Å². The first-order chi connectivity index (χ1) is 17.5. The van der Waals surface area contributed by atoms with Crippen LogP contribution in [-0.4, -0.2) is 35.5 Å². The molecule has 0 spiro atoms. The zero-order chi connectivity index (χ0) is 28.5. The van der Waals surface area contributed by atoms with E-state index in [4.69, 9.17) is 34.8 Å². The summed E-state index contributed by atoms with van der Waals surface area (Å²) in [5, 5.41) is 1.87. The average Bonchev–Trinajstić information content (AvgIpc) is 2.80. The first kappa shape index (κ1) is 29.8. The Kier molecular flexibility index (Phi) is 8.78. The second kappa shape index (κ2) is 11.2. The molecule has 0 atom stereocenters. The lowest BCUT2D eigenvalue weighted by atomic mass is 10.2. The fourth-order valence-corrected chi connectivity index (χ4v) is 5.67. The van der Waals surface area contributed by atoms with Crippen molar-refractivity contribution in [2.75, 3.05) is 27.1 Å². The van der Waals surface area contributed by atoms with E-state index in [1.807, 2.05) is 0 Å². The monoisotopic (exact) mass is 629 g/mol. The lowest BCUT2D eigenvalue weighted by molar-refractivity contribution is -0.137. The summed E-state index contributed by atoms with van der Waals surface area (Å²) < 4.78 is 92.3. The van der Waals surface area contributed by atoms with E-state index in [0.29, 0.717) is 10.4 Å². The molecular formula is C22H17Cl3F3N3O5S2. The molecule has 0 aliphatic rings. The quantitative estimate of drug-likeness (QED) is 0.323. The normalized spacial score (nSPS) is 12.2. The largest absolute Gasteiger partial charge is 0.417 e. The van der Waals surface area contributed by atoms with Crippen LogP contribution in [-0.2, 0) is 31.0 Å². The molecule has 16 heteroatoms. The van der Waals surface area contributed by atoms with Gasteiger partial charge < -0.3 is 5.32 Å². The van der Waals surface area contributed by atoms with Gasteiger partial charge in [-0.25, -0.2) is 16.8 Å². The van der Waals surface area contributed by atoms with Crippen LogP contribution in [0.15, 0.2) is 65.6 Å². The minimum atomic E-state index is -4.85. The van der Waals surface area contributed by atoms with Crippen LogP contribution >= 0.6 is 34.8 Å². The number of benzene rings is 3. The van der Waals surface area contributed by atoms with Gasteiger partial charge in [-0.1, -0.05) is 40.9 Å². The molecule has 0 bridgehead atoms. The van der Waals surface area contributed by atoms with E-state index in [2.05, 4.69) is 10.0 Å². The van der Waals surface area contributed by atoms with Gasteiger partial charge in [-0.05, 0) is 54.6 Å². The third-order valence-corrected chi connectivity index (χ3v) is 8.55. The van der Waals surface area contributed by atoms with Crippen molar-refractivity contribution in [3.63, 3.8) is 0 Å². The summed E-state index contributed by atoms with van der Waals surface area (Å²) in [6.07, 6.45) is -4.13. The van der Waals surface area contributed by atoms with E-state index in [1.165, 1.54) is 42.5 Å². The Balaban J connectivity index is 1.78. The van der Waals surface area contributed by atoms with Crippen LogP contribution < -0.4 is 14.3 Å². The first-order valence-corrected chi connectivity index (χ1v) is 14.7. The molecule has 0 saturated carbocycles. The Morgan fingerprint density at radius 2 is 1.55 bits per heavy atom. The van der Waals surface area contributed by atoms with Gasteiger partial charge in [0.1, 0.15) is 6.54 Å². The van der Waals surface area contributed by atoms with Crippen molar-refractivity contribution in [1.82, 2.24) is 0 Å². The molecule has 0 fully saturated rings. The summed E-state index contributed by atoms with van der Waals surface area (Å²) in [6.45, 7) is -0.868. The summed E-state index contributed by atoms with van der Waals surface area (Å²) in [4.78, 5) is 12.4. The molecule has 3 aromatic carbocycles. The Hall–Kier alpha value is -2.71. The molecule has 0 aromatic heterocycles. The minimum absolute atomic E-state index is 0.0000903. The van der Waals surface area contributed by atoms with Gasteiger partial charge in [0.05, 0.1) is 43.2 Å². The predicted molar refractivity (Wildman–Crippen MR) is 141 cm³/mol. The molecule has 0 aliphatic heterocycles. The fraction of sp³-hybridized carbons (Fsp3) is 0.136. The topological polar surface area (TPSA) is 113 Å². The Morgan fingerprint density at radius 3 is 2.13 bits per heavy atom. The second-order valence-electron chi connectivity index (χ2n) is 7.71. The molecule has 3 rings (SSSR count). The highest BCUT2D eigenvalue weighted by Crippen LogP contribution is 2.37. The third kappa shape index (κ3) is 7.23. The number of halogens is 6. The van der Waals surface area contributed by atoms with Crippen LogP contribution in [0.2, 0.25) is 15.1 Å². The number of hydrogen-bond acceptors (Lipinski definition) is 5. The zero-order valence-corrected chi connectivity index (χ0v) is 23.0. The van der Waals surface area contributed by atoms with Crippen molar-refractivity contribution in [1.29, 1.82) is 0 Å². The van der Waals surface area contributed by atoms with Gasteiger partial charge in [0.25, 0.3) is 10.0 Å². The van der Waals surface area contributed by atoms with Crippen molar-refractivity contribution in [3.05, 3.63) is 81.3 Å². The number of rotatable bonds is 8. The highest BCUT2D eigenvalue weighted by atomic mass is 35.5.